The van der Waals surface area contributed by atoms with Crippen molar-refractivity contribution in [2.24, 2.45) is 0 Å². The predicted octanol–water partition coefficient (Wildman–Crippen LogP) is 2.69. The summed E-state index contributed by atoms with van der Waals surface area (Å²) in [7, 11) is -5.77. The number of hydrogen-bond acceptors (Lipinski definition) is 3. The van der Waals surface area contributed by atoms with Crippen molar-refractivity contribution in [2.45, 2.75) is 19.1 Å². The fourth-order valence-electron chi connectivity index (χ4n) is 1.09. The first-order valence-corrected chi connectivity index (χ1v) is 5.75. The molecule has 0 amide bonds. The van der Waals surface area contributed by atoms with Gasteiger partial charge in [0.1, 0.15) is 12.4 Å². The Balaban J connectivity index is 3.17. The number of halogens is 4. The van der Waals surface area contributed by atoms with Gasteiger partial charge in [0.15, 0.2) is 0 Å². The molecule has 17 heavy (non-hydrogen) atoms. The molecule has 3 nitrogen and oxygen atoms in total. The van der Waals surface area contributed by atoms with E-state index in [1.165, 1.54) is 19.1 Å². The molecule has 0 aromatic heterocycles. The molecule has 0 aliphatic heterocycles. The summed E-state index contributed by atoms with van der Waals surface area (Å²) < 4.78 is 74.0. The molecule has 0 atom stereocenters. The molecule has 0 fully saturated rings. The van der Waals surface area contributed by atoms with Gasteiger partial charge in [0.25, 0.3) is 0 Å². The van der Waals surface area contributed by atoms with Crippen LogP contribution >= 0.6 is 0 Å². The van der Waals surface area contributed by atoms with Gasteiger partial charge in [-0.05, 0) is 18.6 Å². The zero-order valence-electron chi connectivity index (χ0n) is 8.58. The van der Waals surface area contributed by atoms with Gasteiger partial charge in [0.05, 0.1) is 0 Å². The summed E-state index contributed by atoms with van der Waals surface area (Å²) in [6, 6.07) is 3.67. The highest BCUT2D eigenvalue weighted by molar-refractivity contribution is 7.88. The van der Waals surface area contributed by atoms with E-state index in [0.29, 0.717) is 5.56 Å². The van der Waals surface area contributed by atoms with Crippen molar-refractivity contribution < 1.29 is 30.2 Å². The molecular formula is C9H8F4O3S. The maximum atomic E-state index is 12.6. The van der Waals surface area contributed by atoms with Crippen molar-refractivity contribution in [3.05, 3.63) is 29.3 Å². The van der Waals surface area contributed by atoms with Crippen LogP contribution < -0.4 is 4.18 Å². The van der Waals surface area contributed by atoms with E-state index in [-0.39, 0.29) is 5.56 Å². The average molecular weight is 272 g/mol. The maximum absolute atomic E-state index is 12.6. The Hall–Kier alpha value is -1.31. The minimum atomic E-state index is -5.77. The van der Waals surface area contributed by atoms with Crippen molar-refractivity contribution in [1.29, 1.82) is 0 Å². The van der Waals surface area contributed by atoms with Crippen molar-refractivity contribution in [2.75, 3.05) is 0 Å². The molecule has 1 rings (SSSR count). The van der Waals surface area contributed by atoms with Crippen LogP contribution in [0.3, 0.4) is 0 Å². The molecule has 96 valence electrons. The molecule has 0 radical (unpaired) electrons. The fourth-order valence-corrected chi connectivity index (χ4v) is 1.58. The predicted molar refractivity (Wildman–Crippen MR) is 51.6 cm³/mol. The molecule has 0 unspecified atom stereocenters. The Morgan fingerprint density at radius 2 is 1.88 bits per heavy atom. The van der Waals surface area contributed by atoms with Gasteiger partial charge in [-0.2, -0.15) is 21.6 Å². The summed E-state index contributed by atoms with van der Waals surface area (Å²) in [6.45, 7) is 0.317. The van der Waals surface area contributed by atoms with Crippen LogP contribution in [0.1, 0.15) is 11.1 Å². The summed E-state index contributed by atoms with van der Waals surface area (Å²) in [5.41, 5.74) is -5.45. The molecule has 1 aromatic rings. The zero-order valence-corrected chi connectivity index (χ0v) is 9.40. The maximum Gasteiger partial charge on any atom is 0.534 e. The third-order valence-electron chi connectivity index (χ3n) is 1.98. The lowest BCUT2D eigenvalue weighted by Crippen LogP contribution is -2.28. The molecule has 0 spiro atoms. The Kier molecular flexibility index (Phi) is 3.65. The zero-order chi connectivity index (χ0) is 13.3. The highest BCUT2D eigenvalue weighted by atomic mass is 32.2. The normalized spacial score (nSPS) is 12.5. The van der Waals surface area contributed by atoms with E-state index in [9.17, 15) is 26.0 Å². The van der Waals surface area contributed by atoms with Crippen molar-refractivity contribution in [3.63, 3.8) is 0 Å². The molecule has 8 heteroatoms. The fraction of sp³-hybridized carbons (Fsp3) is 0.333. The van der Waals surface area contributed by atoms with Gasteiger partial charge in [-0.25, -0.2) is 4.39 Å². The van der Waals surface area contributed by atoms with Crippen LogP contribution in [0.15, 0.2) is 18.2 Å². The van der Waals surface area contributed by atoms with Gasteiger partial charge in [-0.1, -0.05) is 12.1 Å². The van der Waals surface area contributed by atoms with Crippen molar-refractivity contribution >= 4 is 10.1 Å². The SMILES string of the molecule is Cc1cccc(OS(=O)(=O)C(F)(F)F)c1CF. The first-order valence-electron chi connectivity index (χ1n) is 4.34. The highest BCUT2D eigenvalue weighted by Gasteiger charge is 2.48. The van der Waals surface area contributed by atoms with Gasteiger partial charge in [-0.3, -0.25) is 0 Å². The van der Waals surface area contributed by atoms with Crippen molar-refractivity contribution in [1.82, 2.24) is 0 Å². The number of alkyl halides is 4. The lowest BCUT2D eigenvalue weighted by atomic mass is 10.1. The first kappa shape index (κ1) is 13.8. The topological polar surface area (TPSA) is 43.4 Å². The molecule has 0 aliphatic carbocycles. The van der Waals surface area contributed by atoms with E-state index in [2.05, 4.69) is 4.18 Å². The molecule has 0 saturated heterocycles. The summed E-state index contributed by atoms with van der Waals surface area (Å²) >= 11 is 0. The Morgan fingerprint density at radius 1 is 1.29 bits per heavy atom. The second kappa shape index (κ2) is 4.52. The Bertz CT molecular complexity index is 507. The number of rotatable bonds is 3. The van der Waals surface area contributed by atoms with Gasteiger partial charge < -0.3 is 4.18 Å². The smallest absolute Gasteiger partial charge is 0.376 e. The van der Waals surface area contributed by atoms with E-state index in [4.69, 9.17) is 0 Å². The second-order valence-electron chi connectivity index (χ2n) is 3.17. The molecule has 1 aromatic carbocycles. The minimum absolute atomic E-state index is 0.222. The van der Waals surface area contributed by atoms with E-state index in [0.717, 1.165) is 6.07 Å². The van der Waals surface area contributed by atoms with Crippen LogP contribution in [-0.2, 0) is 16.8 Å². The van der Waals surface area contributed by atoms with Gasteiger partial charge >= 0.3 is 15.6 Å². The Morgan fingerprint density at radius 3 is 2.35 bits per heavy atom. The molecule has 0 saturated carbocycles. The lowest BCUT2D eigenvalue weighted by molar-refractivity contribution is -0.0500. The van der Waals surface area contributed by atoms with E-state index in [1.807, 2.05) is 0 Å². The average Bonchev–Trinajstić information content (AvgIpc) is 2.15. The van der Waals surface area contributed by atoms with Crippen LogP contribution in [-0.4, -0.2) is 13.9 Å². The summed E-state index contributed by atoms with van der Waals surface area (Å²) in [6.07, 6.45) is 0. The molecule has 0 heterocycles. The molecule has 0 N–H and O–H groups in total. The second-order valence-corrected chi connectivity index (χ2v) is 4.71. The minimum Gasteiger partial charge on any atom is -0.376 e. The largest absolute Gasteiger partial charge is 0.534 e. The lowest BCUT2D eigenvalue weighted by Gasteiger charge is -2.12. The first-order chi connectivity index (χ1) is 7.69. The van der Waals surface area contributed by atoms with Crippen LogP contribution in [0, 0.1) is 6.92 Å². The third kappa shape index (κ3) is 2.87. The van der Waals surface area contributed by atoms with Crippen LogP contribution in [0.5, 0.6) is 5.75 Å². The summed E-state index contributed by atoms with van der Waals surface area (Å²) in [5.74, 6) is -0.648. The van der Waals surface area contributed by atoms with Crippen molar-refractivity contribution in [3.8, 4) is 5.75 Å². The van der Waals surface area contributed by atoms with Gasteiger partial charge in [0.2, 0.25) is 0 Å². The summed E-state index contributed by atoms with van der Waals surface area (Å²) in [4.78, 5) is 0. The van der Waals surface area contributed by atoms with Gasteiger partial charge in [-0.15, -0.1) is 0 Å². The quantitative estimate of drug-likeness (QED) is 0.482. The molecule has 0 bridgehead atoms. The number of benzene rings is 1. The molecular weight excluding hydrogens is 264 g/mol. The Labute approximate surface area is 95.1 Å². The van der Waals surface area contributed by atoms with E-state index in [1.54, 1.807) is 0 Å². The third-order valence-corrected chi connectivity index (χ3v) is 2.95. The van der Waals surface area contributed by atoms with Crippen LogP contribution in [0.25, 0.3) is 0 Å². The van der Waals surface area contributed by atoms with Gasteiger partial charge in [0, 0.05) is 5.56 Å². The summed E-state index contributed by atoms with van der Waals surface area (Å²) in [5, 5.41) is 0. The van der Waals surface area contributed by atoms with E-state index >= 15 is 0 Å². The highest BCUT2D eigenvalue weighted by Crippen LogP contribution is 2.30. The standard InChI is InChI=1S/C9H8F4O3S/c1-6-3-2-4-8(7(6)5-10)16-17(14,15)9(11,12)13/h2-4H,5H2,1H3. The van der Waals surface area contributed by atoms with Crippen LogP contribution in [0.2, 0.25) is 0 Å². The molecule has 0 aliphatic rings. The monoisotopic (exact) mass is 272 g/mol. The van der Waals surface area contributed by atoms with Crippen LogP contribution in [0.4, 0.5) is 17.6 Å². The van der Waals surface area contributed by atoms with E-state index < -0.39 is 28.1 Å². The number of aryl methyl sites for hydroxylation is 1. The number of hydrogen-bond donors (Lipinski definition) is 0.